The molecule has 0 amide bonds. The van der Waals surface area contributed by atoms with E-state index in [1.54, 1.807) is 11.3 Å². The summed E-state index contributed by atoms with van der Waals surface area (Å²) in [7, 11) is 0. The highest BCUT2D eigenvalue weighted by Gasteiger charge is 2.13. The van der Waals surface area contributed by atoms with Crippen LogP contribution in [-0.4, -0.2) is 4.98 Å². The molecule has 1 heterocycles. The zero-order chi connectivity index (χ0) is 12.6. The van der Waals surface area contributed by atoms with Crippen molar-refractivity contribution >= 4 is 11.3 Å². The number of hydrogen-bond donors (Lipinski definition) is 1. The summed E-state index contributed by atoms with van der Waals surface area (Å²) in [6.07, 6.45) is 0. The first kappa shape index (κ1) is 12.3. The topological polar surface area (TPSA) is 38.9 Å². The van der Waals surface area contributed by atoms with Gasteiger partial charge in [0.15, 0.2) is 0 Å². The number of aromatic nitrogens is 1. The van der Waals surface area contributed by atoms with Crippen LogP contribution in [0.4, 0.5) is 0 Å². The average molecular weight is 246 g/mol. The first-order chi connectivity index (χ1) is 7.99. The van der Waals surface area contributed by atoms with Crippen LogP contribution in [0.1, 0.15) is 34.7 Å². The van der Waals surface area contributed by atoms with Gasteiger partial charge in [0.2, 0.25) is 0 Å². The normalized spacial score (nSPS) is 12.8. The summed E-state index contributed by atoms with van der Waals surface area (Å²) < 4.78 is 0. The summed E-state index contributed by atoms with van der Waals surface area (Å²) in [4.78, 5) is 5.81. The fraction of sp³-hybridized carbons (Fsp3) is 0.357. The molecule has 0 spiro atoms. The molecule has 1 aromatic heterocycles. The summed E-state index contributed by atoms with van der Waals surface area (Å²) in [5, 5.41) is 1.08. The Hall–Kier alpha value is -1.19. The summed E-state index contributed by atoms with van der Waals surface area (Å²) in [6.45, 7) is 8.27. The molecule has 2 aromatic rings. The van der Waals surface area contributed by atoms with Crippen molar-refractivity contribution in [1.29, 1.82) is 0 Å². The molecule has 2 nitrogen and oxygen atoms in total. The van der Waals surface area contributed by atoms with Crippen LogP contribution in [0.2, 0.25) is 0 Å². The Morgan fingerprint density at radius 1 is 1.24 bits per heavy atom. The first-order valence-electron chi connectivity index (χ1n) is 5.79. The van der Waals surface area contributed by atoms with E-state index in [9.17, 15) is 0 Å². The molecule has 1 unspecified atom stereocenters. The molecule has 2 rings (SSSR count). The van der Waals surface area contributed by atoms with Crippen LogP contribution in [-0.2, 0) is 0 Å². The fourth-order valence-corrected chi connectivity index (χ4v) is 3.11. The van der Waals surface area contributed by atoms with Gasteiger partial charge in [-0.1, -0.05) is 23.8 Å². The van der Waals surface area contributed by atoms with Gasteiger partial charge in [-0.25, -0.2) is 4.98 Å². The molecule has 0 aliphatic heterocycles. The molecule has 1 atom stereocenters. The smallest absolute Gasteiger partial charge is 0.124 e. The van der Waals surface area contributed by atoms with Crippen molar-refractivity contribution in [3.05, 3.63) is 39.9 Å². The van der Waals surface area contributed by atoms with Crippen LogP contribution < -0.4 is 5.73 Å². The number of nitrogens with two attached hydrogens (primary N) is 1. The lowest BCUT2D eigenvalue weighted by atomic mass is 10.1. The average Bonchev–Trinajstić information content (AvgIpc) is 2.60. The minimum absolute atomic E-state index is 0.0620. The Kier molecular flexibility index (Phi) is 3.31. The Labute approximate surface area is 107 Å². The van der Waals surface area contributed by atoms with Crippen molar-refractivity contribution < 1.29 is 0 Å². The van der Waals surface area contributed by atoms with Gasteiger partial charge in [-0.15, -0.1) is 11.3 Å². The molecule has 3 heteroatoms. The van der Waals surface area contributed by atoms with Gasteiger partial charge in [0.05, 0.1) is 5.69 Å². The van der Waals surface area contributed by atoms with Crippen molar-refractivity contribution in [2.45, 2.75) is 33.7 Å². The zero-order valence-corrected chi connectivity index (χ0v) is 11.6. The van der Waals surface area contributed by atoms with E-state index in [4.69, 9.17) is 5.73 Å². The third-order valence-corrected chi connectivity index (χ3v) is 4.25. The van der Waals surface area contributed by atoms with Crippen molar-refractivity contribution in [3.63, 3.8) is 0 Å². The summed E-state index contributed by atoms with van der Waals surface area (Å²) in [6, 6.07) is 6.53. The lowest BCUT2D eigenvalue weighted by Crippen LogP contribution is -2.03. The summed E-state index contributed by atoms with van der Waals surface area (Å²) in [5.41, 5.74) is 10.8. The quantitative estimate of drug-likeness (QED) is 0.876. The van der Waals surface area contributed by atoms with Gasteiger partial charge >= 0.3 is 0 Å². The highest BCUT2D eigenvalue weighted by atomic mass is 32.1. The Morgan fingerprint density at radius 3 is 2.47 bits per heavy atom. The van der Waals surface area contributed by atoms with Gasteiger partial charge in [0.25, 0.3) is 0 Å². The largest absolute Gasteiger partial charge is 0.323 e. The molecular weight excluding hydrogens is 228 g/mol. The Morgan fingerprint density at radius 2 is 1.94 bits per heavy atom. The summed E-state index contributed by atoms with van der Waals surface area (Å²) >= 11 is 1.70. The van der Waals surface area contributed by atoms with Gasteiger partial charge in [0, 0.05) is 16.5 Å². The SMILES string of the molecule is Cc1ccc(-c2nc(C)c(C(C)N)s2)c(C)c1. The molecule has 17 heavy (non-hydrogen) atoms. The molecular formula is C14H18N2S. The number of aryl methyl sites for hydroxylation is 3. The highest BCUT2D eigenvalue weighted by molar-refractivity contribution is 7.15. The van der Waals surface area contributed by atoms with Gasteiger partial charge in [-0.05, 0) is 33.3 Å². The second kappa shape index (κ2) is 4.59. The second-order valence-electron chi connectivity index (χ2n) is 4.58. The molecule has 0 fully saturated rings. The number of nitrogens with zero attached hydrogens (tertiary/aromatic N) is 1. The standard InChI is InChI=1S/C14H18N2S/c1-8-5-6-12(9(2)7-8)14-16-11(4)13(17-14)10(3)15/h5-7,10H,15H2,1-4H3. The molecule has 2 N–H and O–H groups in total. The van der Waals surface area contributed by atoms with E-state index in [0.29, 0.717) is 0 Å². The van der Waals surface area contributed by atoms with Crippen LogP contribution in [0.25, 0.3) is 10.6 Å². The molecule has 0 aliphatic carbocycles. The predicted molar refractivity (Wildman–Crippen MR) is 74.4 cm³/mol. The van der Waals surface area contributed by atoms with Crippen LogP contribution in [0, 0.1) is 20.8 Å². The maximum absolute atomic E-state index is 5.94. The first-order valence-corrected chi connectivity index (χ1v) is 6.61. The van der Waals surface area contributed by atoms with Gasteiger partial charge in [0.1, 0.15) is 5.01 Å². The third kappa shape index (κ3) is 2.40. The number of hydrogen-bond acceptors (Lipinski definition) is 3. The van der Waals surface area contributed by atoms with Crippen molar-refractivity contribution in [1.82, 2.24) is 4.98 Å². The fourth-order valence-electron chi connectivity index (χ4n) is 2.00. The number of thiazole rings is 1. The molecule has 0 aliphatic rings. The van der Waals surface area contributed by atoms with Crippen molar-refractivity contribution in [3.8, 4) is 10.6 Å². The molecule has 1 aromatic carbocycles. The number of rotatable bonds is 2. The number of benzene rings is 1. The van der Waals surface area contributed by atoms with E-state index in [-0.39, 0.29) is 6.04 Å². The molecule has 0 radical (unpaired) electrons. The van der Waals surface area contributed by atoms with E-state index < -0.39 is 0 Å². The zero-order valence-electron chi connectivity index (χ0n) is 10.7. The Bertz CT molecular complexity index is 541. The van der Waals surface area contributed by atoms with Crippen LogP contribution in [0.5, 0.6) is 0 Å². The van der Waals surface area contributed by atoms with Crippen LogP contribution in [0.15, 0.2) is 18.2 Å². The molecule has 0 saturated heterocycles. The third-order valence-electron chi connectivity index (χ3n) is 2.86. The van der Waals surface area contributed by atoms with Crippen LogP contribution >= 0.6 is 11.3 Å². The van der Waals surface area contributed by atoms with E-state index in [1.165, 1.54) is 21.6 Å². The van der Waals surface area contributed by atoms with Crippen molar-refractivity contribution in [2.75, 3.05) is 0 Å². The van der Waals surface area contributed by atoms with Gasteiger partial charge < -0.3 is 5.73 Å². The molecule has 0 saturated carbocycles. The van der Waals surface area contributed by atoms with Crippen molar-refractivity contribution in [2.24, 2.45) is 5.73 Å². The molecule has 0 bridgehead atoms. The maximum atomic E-state index is 5.94. The predicted octanol–water partition coefficient (Wildman–Crippen LogP) is 3.76. The lowest BCUT2D eigenvalue weighted by molar-refractivity contribution is 0.825. The van der Waals surface area contributed by atoms with E-state index >= 15 is 0 Å². The van der Waals surface area contributed by atoms with E-state index in [0.717, 1.165) is 10.7 Å². The summed E-state index contributed by atoms with van der Waals surface area (Å²) in [5.74, 6) is 0. The maximum Gasteiger partial charge on any atom is 0.124 e. The van der Waals surface area contributed by atoms with Crippen LogP contribution in [0.3, 0.4) is 0 Å². The minimum Gasteiger partial charge on any atom is -0.323 e. The monoisotopic (exact) mass is 246 g/mol. The second-order valence-corrected chi connectivity index (χ2v) is 5.61. The van der Waals surface area contributed by atoms with E-state index in [2.05, 4.69) is 37.0 Å². The Balaban J connectivity index is 2.50. The van der Waals surface area contributed by atoms with E-state index in [1.807, 2.05) is 13.8 Å². The van der Waals surface area contributed by atoms with Gasteiger partial charge in [-0.2, -0.15) is 0 Å². The molecule has 90 valence electrons. The lowest BCUT2D eigenvalue weighted by Gasteiger charge is -2.03. The minimum atomic E-state index is 0.0620. The van der Waals surface area contributed by atoms with Gasteiger partial charge in [-0.3, -0.25) is 0 Å². The highest BCUT2D eigenvalue weighted by Crippen LogP contribution is 2.32.